The third-order valence-electron chi connectivity index (χ3n) is 4.08. The largest absolute Gasteiger partial charge is 0.496 e. The third-order valence-corrected chi connectivity index (χ3v) is 4.08. The summed E-state index contributed by atoms with van der Waals surface area (Å²) >= 11 is 0. The number of rotatable bonds is 8. The SMILES string of the molecule is COc1ccccc1C(C)CC(=O)NC(CC(=O)O)c1ccccc1. The number of carboxylic acid groups (broad SMARTS) is 1. The summed E-state index contributed by atoms with van der Waals surface area (Å²) in [6.45, 7) is 1.95. The molecular formula is C20H23NO4. The summed E-state index contributed by atoms with van der Waals surface area (Å²) in [4.78, 5) is 23.6. The summed E-state index contributed by atoms with van der Waals surface area (Å²) in [7, 11) is 1.60. The van der Waals surface area contributed by atoms with Crippen LogP contribution >= 0.6 is 0 Å². The van der Waals surface area contributed by atoms with Gasteiger partial charge in [-0.2, -0.15) is 0 Å². The van der Waals surface area contributed by atoms with Gasteiger partial charge in [0.15, 0.2) is 0 Å². The highest BCUT2D eigenvalue weighted by molar-refractivity contribution is 5.78. The minimum absolute atomic E-state index is 0.0441. The van der Waals surface area contributed by atoms with Crippen LogP contribution in [0, 0.1) is 0 Å². The first-order chi connectivity index (χ1) is 12.0. The minimum atomic E-state index is -0.952. The van der Waals surface area contributed by atoms with Crippen LogP contribution in [-0.4, -0.2) is 24.1 Å². The van der Waals surface area contributed by atoms with Crippen molar-refractivity contribution in [3.63, 3.8) is 0 Å². The van der Waals surface area contributed by atoms with Gasteiger partial charge in [-0.1, -0.05) is 55.5 Å². The second-order valence-electron chi connectivity index (χ2n) is 5.98. The number of aliphatic carboxylic acids is 1. The van der Waals surface area contributed by atoms with Crippen molar-refractivity contribution in [1.82, 2.24) is 5.32 Å². The van der Waals surface area contributed by atoms with E-state index in [0.29, 0.717) is 0 Å². The molecule has 0 aliphatic rings. The van der Waals surface area contributed by atoms with Gasteiger partial charge in [-0.15, -0.1) is 0 Å². The average molecular weight is 341 g/mol. The standard InChI is InChI=1S/C20H23NO4/c1-14(16-10-6-7-11-18(16)25-2)12-19(22)21-17(13-20(23)24)15-8-4-3-5-9-15/h3-11,14,17H,12-13H2,1-2H3,(H,21,22)(H,23,24). The van der Waals surface area contributed by atoms with Gasteiger partial charge in [0, 0.05) is 6.42 Å². The molecule has 2 unspecified atom stereocenters. The molecule has 25 heavy (non-hydrogen) atoms. The van der Waals surface area contributed by atoms with Gasteiger partial charge in [-0.3, -0.25) is 9.59 Å². The fourth-order valence-corrected chi connectivity index (χ4v) is 2.83. The van der Waals surface area contributed by atoms with E-state index < -0.39 is 12.0 Å². The molecule has 1 amide bonds. The van der Waals surface area contributed by atoms with E-state index in [4.69, 9.17) is 9.84 Å². The second-order valence-corrected chi connectivity index (χ2v) is 5.98. The Bertz CT molecular complexity index is 715. The lowest BCUT2D eigenvalue weighted by molar-refractivity contribution is -0.137. The number of hydrogen-bond donors (Lipinski definition) is 2. The number of nitrogens with one attached hydrogen (secondary N) is 1. The lowest BCUT2D eigenvalue weighted by Crippen LogP contribution is -2.30. The highest BCUT2D eigenvalue weighted by Crippen LogP contribution is 2.28. The summed E-state index contributed by atoms with van der Waals surface area (Å²) in [5.41, 5.74) is 1.73. The molecule has 0 aromatic heterocycles. The van der Waals surface area contributed by atoms with E-state index >= 15 is 0 Å². The number of ether oxygens (including phenoxy) is 1. The molecule has 132 valence electrons. The van der Waals surface area contributed by atoms with Crippen molar-refractivity contribution in [2.75, 3.05) is 7.11 Å². The Labute approximate surface area is 147 Å². The van der Waals surface area contributed by atoms with Gasteiger partial charge >= 0.3 is 5.97 Å². The molecule has 2 N–H and O–H groups in total. The van der Waals surface area contributed by atoms with Crippen molar-refractivity contribution in [2.24, 2.45) is 0 Å². The fraction of sp³-hybridized carbons (Fsp3) is 0.300. The number of carbonyl (C=O) groups excluding carboxylic acids is 1. The number of carboxylic acids is 1. The quantitative estimate of drug-likeness (QED) is 0.770. The van der Waals surface area contributed by atoms with Crippen LogP contribution in [0.5, 0.6) is 5.75 Å². The summed E-state index contributed by atoms with van der Waals surface area (Å²) in [5.74, 6) is -0.439. The van der Waals surface area contributed by atoms with Gasteiger partial charge in [-0.05, 0) is 23.1 Å². The first-order valence-corrected chi connectivity index (χ1v) is 8.20. The molecule has 2 rings (SSSR count). The second kappa shape index (κ2) is 8.87. The van der Waals surface area contributed by atoms with Crippen LogP contribution in [0.3, 0.4) is 0 Å². The van der Waals surface area contributed by atoms with Crippen LogP contribution in [0.1, 0.15) is 42.9 Å². The van der Waals surface area contributed by atoms with E-state index in [1.165, 1.54) is 0 Å². The molecule has 5 heteroatoms. The monoisotopic (exact) mass is 341 g/mol. The maximum Gasteiger partial charge on any atom is 0.305 e. The van der Waals surface area contributed by atoms with E-state index in [1.807, 2.05) is 61.5 Å². The maximum absolute atomic E-state index is 12.4. The smallest absolute Gasteiger partial charge is 0.305 e. The molecular weight excluding hydrogens is 318 g/mol. The average Bonchev–Trinajstić information content (AvgIpc) is 2.61. The number of hydrogen-bond acceptors (Lipinski definition) is 3. The first-order valence-electron chi connectivity index (χ1n) is 8.20. The molecule has 0 bridgehead atoms. The number of para-hydroxylation sites is 1. The van der Waals surface area contributed by atoms with Gasteiger partial charge in [0.1, 0.15) is 5.75 Å². The van der Waals surface area contributed by atoms with E-state index in [-0.39, 0.29) is 24.7 Å². The molecule has 0 aliphatic carbocycles. The molecule has 0 fully saturated rings. The summed E-state index contributed by atoms with van der Waals surface area (Å²) < 4.78 is 5.34. The molecule has 0 spiro atoms. The third kappa shape index (κ3) is 5.35. The predicted molar refractivity (Wildman–Crippen MR) is 95.6 cm³/mol. The molecule has 5 nitrogen and oxygen atoms in total. The van der Waals surface area contributed by atoms with E-state index in [0.717, 1.165) is 16.9 Å². The van der Waals surface area contributed by atoms with Crippen molar-refractivity contribution >= 4 is 11.9 Å². The Balaban J connectivity index is 2.07. The van der Waals surface area contributed by atoms with Gasteiger partial charge in [0.25, 0.3) is 0 Å². The summed E-state index contributed by atoms with van der Waals surface area (Å²) in [5, 5.41) is 12.0. The van der Waals surface area contributed by atoms with Crippen molar-refractivity contribution in [3.05, 3.63) is 65.7 Å². The molecule has 0 aliphatic heterocycles. The first kappa shape index (κ1) is 18.5. The zero-order chi connectivity index (χ0) is 18.2. The van der Waals surface area contributed by atoms with E-state index in [1.54, 1.807) is 7.11 Å². The van der Waals surface area contributed by atoms with Gasteiger partial charge in [0.2, 0.25) is 5.91 Å². The Morgan fingerprint density at radius 2 is 1.68 bits per heavy atom. The Morgan fingerprint density at radius 3 is 2.32 bits per heavy atom. The summed E-state index contributed by atoms with van der Waals surface area (Å²) in [6, 6.07) is 16.2. The number of benzene rings is 2. The van der Waals surface area contributed by atoms with Gasteiger partial charge < -0.3 is 15.2 Å². The van der Waals surface area contributed by atoms with Crippen LogP contribution in [0.25, 0.3) is 0 Å². The normalized spacial score (nSPS) is 12.9. The molecule has 0 saturated heterocycles. The van der Waals surface area contributed by atoms with Crippen LogP contribution in [0.4, 0.5) is 0 Å². The van der Waals surface area contributed by atoms with Crippen molar-refractivity contribution in [2.45, 2.75) is 31.7 Å². The maximum atomic E-state index is 12.4. The van der Waals surface area contributed by atoms with E-state index in [2.05, 4.69) is 5.32 Å². The fourth-order valence-electron chi connectivity index (χ4n) is 2.83. The molecule has 2 aromatic carbocycles. The molecule has 0 heterocycles. The molecule has 2 atom stereocenters. The van der Waals surface area contributed by atoms with Crippen LogP contribution < -0.4 is 10.1 Å². The van der Waals surface area contributed by atoms with Crippen LogP contribution in [-0.2, 0) is 9.59 Å². The van der Waals surface area contributed by atoms with Crippen molar-refractivity contribution in [1.29, 1.82) is 0 Å². The van der Waals surface area contributed by atoms with E-state index in [9.17, 15) is 9.59 Å². The van der Waals surface area contributed by atoms with Crippen LogP contribution in [0.15, 0.2) is 54.6 Å². The van der Waals surface area contributed by atoms with Crippen molar-refractivity contribution < 1.29 is 19.4 Å². The number of carbonyl (C=O) groups is 2. The molecule has 0 radical (unpaired) electrons. The zero-order valence-corrected chi connectivity index (χ0v) is 14.4. The molecule has 0 saturated carbocycles. The highest BCUT2D eigenvalue weighted by Gasteiger charge is 2.20. The summed E-state index contributed by atoms with van der Waals surface area (Å²) in [6.07, 6.45) is 0.0993. The molecule has 2 aromatic rings. The lowest BCUT2D eigenvalue weighted by Gasteiger charge is -2.20. The number of amides is 1. The lowest BCUT2D eigenvalue weighted by atomic mass is 9.96. The van der Waals surface area contributed by atoms with Gasteiger partial charge in [-0.25, -0.2) is 0 Å². The Morgan fingerprint density at radius 1 is 1.04 bits per heavy atom. The topological polar surface area (TPSA) is 75.6 Å². The van der Waals surface area contributed by atoms with Crippen molar-refractivity contribution in [3.8, 4) is 5.75 Å². The zero-order valence-electron chi connectivity index (χ0n) is 14.4. The Hall–Kier alpha value is -2.82. The van der Waals surface area contributed by atoms with Crippen LogP contribution in [0.2, 0.25) is 0 Å². The minimum Gasteiger partial charge on any atom is -0.496 e. The highest BCUT2D eigenvalue weighted by atomic mass is 16.5. The predicted octanol–water partition coefficient (Wildman–Crippen LogP) is 3.52. The number of methoxy groups -OCH3 is 1. The van der Waals surface area contributed by atoms with Gasteiger partial charge in [0.05, 0.1) is 19.6 Å². The Kier molecular flexibility index (Phi) is 6.57.